The van der Waals surface area contributed by atoms with Crippen molar-refractivity contribution in [1.82, 2.24) is 14.8 Å². The average Bonchev–Trinajstić information content (AvgIpc) is 3.38. The third kappa shape index (κ3) is 4.35. The number of hydrogen-bond acceptors (Lipinski definition) is 5. The third-order valence-electron chi connectivity index (χ3n) is 3.85. The molecule has 5 nitrogen and oxygen atoms in total. The number of amides is 1. The number of nitrogens with zero attached hydrogens (tertiary/aromatic N) is 3. The second-order valence-corrected chi connectivity index (χ2v) is 8.60. The van der Waals surface area contributed by atoms with Crippen molar-refractivity contribution < 1.29 is 4.79 Å². The van der Waals surface area contributed by atoms with Crippen LogP contribution in [0.2, 0.25) is 0 Å². The van der Waals surface area contributed by atoms with Crippen molar-refractivity contribution in [3.05, 3.63) is 76.6 Å². The molecule has 0 aliphatic heterocycles. The van der Waals surface area contributed by atoms with Crippen LogP contribution in [-0.4, -0.2) is 26.4 Å². The van der Waals surface area contributed by atoms with Gasteiger partial charge in [0.1, 0.15) is 0 Å². The summed E-state index contributed by atoms with van der Waals surface area (Å²) < 4.78 is 2.96. The number of thiophene rings is 1. The predicted molar refractivity (Wildman–Crippen MR) is 118 cm³/mol. The van der Waals surface area contributed by atoms with Crippen molar-refractivity contribution >= 4 is 50.6 Å². The highest BCUT2D eigenvalue weighted by Crippen LogP contribution is 2.30. The Kier molecular flexibility index (Phi) is 5.90. The van der Waals surface area contributed by atoms with E-state index in [9.17, 15) is 4.79 Å². The molecule has 0 unspecified atom stereocenters. The van der Waals surface area contributed by atoms with E-state index in [1.165, 1.54) is 11.8 Å². The number of halogens is 1. The van der Waals surface area contributed by atoms with Crippen LogP contribution < -0.4 is 5.32 Å². The van der Waals surface area contributed by atoms with Gasteiger partial charge >= 0.3 is 0 Å². The maximum Gasteiger partial charge on any atom is 0.234 e. The molecule has 2 heterocycles. The smallest absolute Gasteiger partial charge is 0.234 e. The van der Waals surface area contributed by atoms with Crippen LogP contribution in [0.3, 0.4) is 0 Å². The Morgan fingerprint density at radius 1 is 1.04 bits per heavy atom. The van der Waals surface area contributed by atoms with Gasteiger partial charge in [0, 0.05) is 15.8 Å². The first kappa shape index (κ1) is 18.9. The van der Waals surface area contributed by atoms with Crippen molar-refractivity contribution in [2.75, 3.05) is 11.1 Å². The van der Waals surface area contributed by atoms with Gasteiger partial charge in [-0.1, -0.05) is 52.0 Å². The van der Waals surface area contributed by atoms with Crippen molar-refractivity contribution in [2.24, 2.45) is 0 Å². The number of hydrogen-bond donors (Lipinski definition) is 1. The van der Waals surface area contributed by atoms with E-state index in [2.05, 4.69) is 31.4 Å². The fraction of sp³-hybridized carbons (Fsp3) is 0.0500. The highest BCUT2D eigenvalue weighted by Gasteiger charge is 2.17. The van der Waals surface area contributed by atoms with Gasteiger partial charge in [-0.15, -0.1) is 21.5 Å². The normalized spacial score (nSPS) is 10.8. The zero-order chi connectivity index (χ0) is 19.3. The van der Waals surface area contributed by atoms with E-state index < -0.39 is 0 Å². The molecule has 4 aromatic rings. The van der Waals surface area contributed by atoms with Crippen molar-refractivity contribution in [3.63, 3.8) is 0 Å². The highest BCUT2D eigenvalue weighted by atomic mass is 79.9. The molecule has 28 heavy (non-hydrogen) atoms. The fourth-order valence-electron chi connectivity index (χ4n) is 2.60. The van der Waals surface area contributed by atoms with Gasteiger partial charge in [0.15, 0.2) is 11.0 Å². The van der Waals surface area contributed by atoms with E-state index in [1.54, 1.807) is 11.3 Å². The number of carbonyl (C=O) groups is 1. The van der Waals surface area contributed by atoms with Crippen LogP contribution >= 0.6 is 39.0 Å². The van der Waals surface area contributed by atoms with E-state index in [0.29, 0.717) is 5.16 Å². The van der Waals surface area contributed by atoms with E-state index in [1.807, 2.05) is 76.7 Å². The number of aromatic nitrogens is 3. The Bertz CT molecular complexity index is 1060. The van der Waals surface area contributed by atoms with Crippen LogP contribution in [0.5, 0.6) is 0 Å². The summed E-state index contributed by atoms with van der Waals surface area (Å²) in [6.07, 6.45) is 0. The number of nitrogens with one attached hydrogen (secondary N) is 1. The topological polar surface area (TPSA) is 59.8 Å². The molecule has 0 fully saturated rings. The van der Waals surface area contributed by atoms with Gasteiger partial charge in [0.2, 0.25) is 5.91 Å². The lowest BCUT2D eigenvalue weighted by Gasteiger charge is -2.09. The van der Waals surface area contributed by atoms with E-state index in [-0.39, 0.29) is 11.7 Å². The lowest BCUT2D eigenvalue weighted by atomic mass is 10.3. The predicted octanol–water partition coefficient (Wildman–Crippen LogP) is 5.49. The standard InChI is InChI=1S/C20H15BrN4OS2/c21-14-8-10-15(11-9-14)22-18(26)13-28-20-24-23-19(17-7-4-12-27-17)25(20)16-5-2-1-3-6-16/h1-12H,13H2,(H,22,26). The molecule has 0 saturated heterocycles. The molecule has 0 atom stereocenters. The number of anilines is 1. The summed E-state index contributed by atoms with van der Waals surface area (Å²) in [4.78, 5) is 13.4. The second-order valence-electron chi connectivity index (χ2n) is 5.80. The molecule has 2 aromatic carbocycles. The maximum atomic E-state index is 12.4. The summed E-state index contributed by atoms with van der Waals surface area (Å²) in [6.45, 7) is 0. The third-order valence-corrected chi connectivity index (χ3v) is 6.17. The summed E-state index contributed by atoms with van der Waals surface area (Å²) in [5, 5.41) is 14.3. The first-order valence-corrected chi connectivity index (χ1v) is 11.1. The molecular formula is C20H15BrN4OS2. The first-order chi connectivity index (χ1) is 13.7. The zero-order valence-electron chi connectivity index (χ0n) is 14.6. The Hall–Kier alpha value is -2.42. The lowest BCUT2D eigenvalue weighted by molar-refractivity contribution is -0.113. The van der Waals surface area contributed by atoms with Gasteiger partial charge in [0.05, 0.1) is 10.6 Å². The molecule has 1 amide bonds. The minimum Gasteiger partial charge on any atom is -0.325 e. The van der Waals surface area contributed by atoms with Crippen LogP contribution in [0.4, 0.5) is 5.69 Å². The lowest BCUT2D eigenvalue weighted by Crippen LogP contribution is -2.14. The van der Waals surface area contributed by atoms with Gasteiger partial charge in [-0.3, -0.25) is 9.36 Å². The molecule has 140 valence electrons. The highest BCUT2D eigenvalue weighted by molar-refractivity contribution is 9.10. The molecule has 0 bridgehead atoms. The van der Waals surface area contributed by atoms with Crippen molar-refractivity contribution in [1.29, 1.82) is 0 Å². The number of benzene rings is 2. The number of thioether (sulfide) groups is 1. The van der Waals surface area contributed by atoms with Crippen molar-refractivity contribution in [2.45, 2.75) is 5.16 Å². The molecule has 0 radical (unpaired) electrons. The molecular weight excluding hydrogens is 456 g/mol. The van der Waals surface area contributed by atoms with Gasteiger partial charge < -0.3 is 5.32 Å². The summed E-state index contributed by atoms with van der Waals surface area (Å²) in [5.74, 6) is 0.926. The summed E-state index contributed by atoms with van der Waals surface area (Å²) in [5.41, 5.74) is 1.73. The molecule has 0 aliphatic carbocycles. The second kappa shape index (κ2) is 8.72. The van der Waals surface area contributed by atoms with Crippen LogP contribution in [0.25, 0.3) is 16.4 Å². The van der Waals surface area contributed by atoms with E-state index >= 15 is 0 Å². The Morgan fingerprint density at radius 3 is 2.54 bits per heavy atom. The summed E-state index contributed by atoms with van der Waals surface area (Å²) in [6, 6.07) is 21.4. The summed E-state index contributed by atoms with van der Waals surface area (Å²) >= 11 is 6.36. The van der Waals surface area contributed by atoms with Crippen molar-refractivity contribution in [3.8, 4) is 16.4 Å². The van der Waals surface area contributed by atoms with Crippen LogP contribution in [-0.2, 0) is 4.79 Å². The fourth-order valence-corrected chi connectivity index (χ4v) is 4.31. The van der Waals surface area contributed by atoms with Gasteiger partial charge in [-0.25, -0.2) is 0 Å². The molecule has 0 aliphatic rings. The molecule has 8 heteroatoms. The Labute approximate surface area is 179 Å². The van der Waals surface area contributed by atoms with Crippen LogP contribution in [0, 0.1) is 0 Å². The number of carbonyl (C=O) groups excluding carboxylic acids is 1. The van der Waals surface area contributed by atoms with E-state index in [4.69, 9.17) is 0 Å². The monoisotopic (exact) mass is 470 g/mol. The molecule has 0 saturated carbocycles. The first-order valence-electron chi connectivity index (χ1n) is 8.43. The molecule has 1 N–H and O–H groups in total. The van der Waals surface area contributed by atoms with Gasteiger partial charge in [-0.05, 0) is 47.8 Å². The maximum absolute atomic E-state index is 12.4. The molecule has 2 aromatic heterocycles. The van der Waals surface area contributed by atoms with Gasteiger partial charge in [-0.2, -0.15) is 0 Å². The van der Waals surface area contributed by atoms with Crippen LogP contribution in [0.15, 0.2) is 81.7 Å². The Morgan fingerprint density at radius 2 is 1.82 bits per heavy atom. The largest absolute Gasteiger partial charge is 0.325 e. The average molecular weight is 471 g/mol. The van der Waals surface area contributed by atoms with Crippen LogP contribution in [0.1, 0.15) is 0 Å². The number of rotatable bonds is 6. The molecule has 0 spiro atoms. The SMILES string of the molecule is O=C(CSc1nnc(-c2cccs2)n1-c1ccccc1)Nc1ccc(Br)cc1. The number of para-hydroxylation sites is 1. The summed E-state index contributed by atoms with van der Waals surface area (Å²) in [7, 11) is 0. The minimum absolute atomic E-state index is 0.0902. The zero-order valence-corrected chi connectivity index (χ0v) is 17.8. The Balaban J connectivity index is 1.54. The minimum atomic E-state index is -0.0902. The molecule has 4 rings (SSSR count). The van der Waals surface area contributed by atoms with E-state index in [0.717, 1.165) is 26.5 Å². The van der Waals surface area contributed by atoms with Gasteiger partial charge in [0.25, 0.3) is 0 Å². The quantitative estimate of drug-likeness (QED) is 0.378.